The van der Waals surface area contributed by atoms with Gasteiger partial charge in [-0.25, -0.2) is 0 Å². The maximum atomic E-state index is 3.65. The van der Waals surface area contributed by atoms with Crippen molar-refractivity contribution in [3.8, 4) is 0 Å². The van der Waals surface area contributed by atoms with Crippen LogP contribution in [-0.2, 0) is 0 Å². The van der Waals surface area contributed by atoms with Crippen molar-refractivity contribution in [2.75, 3.05) is 19.6 Å². The summed E-state index contributed by atoms with van der Waals surface area (Å²) in [5.41, 5.74) is 1.47. The molecule has 0 aliphatic carbocycles. The fourth-order valence-electron chi connectivity index (χ4n) is 3.49. The number of hydrogen-bond acceptors (Lipinski definition) is 2. The van der Waals surface area contributed by atoms with Gasteiger partial charge in [0.1, 0.15) is 0 Å². The van der Waals surface area contributed by atoms with E-state index in [0.29, 0.717) is 18.0 Å². The van der Waals surface area contributed by atoms with Crippen molar-refractivity contribution in [3.05, 3.63) is 35.9 Å². The van der Waals surface area contributed by atoms with E-state index in [2.05, 4.69) is 61.3 Å². The van der Waals surface area contributed by atoms with E-state index in [1.54, 1.807) is 0 Å². The molecule has 2 unspecified atom stereocenters. The van der Waals surface area contributed by atoms with Crippen LogP contribution >= 0.6 is 0 Å². The molecule has 0 radical (unpaired) electrons. The van der Waals surface area contributed by atoms with E-state index in [1.165, 1.54) is 44.5 Å². The Morgan fingerprint density at radius 1 is 1.25 bits per heavy atom. The predicted octanol–water partition coefficient (Wildman–Crippen LogP) is 3.85. The minimum absolute atomic E-state index is 0.540. The molecule has 2 atom stereocenters. The fraction of sp³-hybridized carbons (Fsp3) is 0.667. The summed E-state index contributed by atoms with van der Waals surface area (Å²) < 4.78 is 0. The van der Waals surface area contributed by atoms with E-state index in [1.807, 2.05) is 0 Å². The maximum Gasteiger partial charge on any atom is 0.0371 e. The van der Waals surface area contributed by atoms with Gasteiger partial charge in [-0.15, -0.1) is 0 Å². The first-order chi connectivity index (χ1) is 9.72. The molecule has 0 spiro atoms. The van der Waals surface area contributed by atoms with Gasteiger partial charge in [0.2, 0.25) is 0 Å². The molecule has 1 fully saturated rings. The Labute approximate surface area is 124 Å². The lowest BCUT2D eigenvalue weighted by molar-refractivity contribution is 0.142. The number of nitrogens with one attached hydrogen (secondary N) is 1. The molecule has 1 aliphatic rings. The van der Waals surface area contributed by atoms with Crippen molar-refractivity contribution in [2.45, 2.75) is 52.1 Å². The number of nitrogens with zero attached hydrogens (tertiary/aromatic N) is 1. The third-order valence-electron chi connectivity index (χ3n) is 4.29. The van der Waals surface area contributed by atoms with Gasteiger partial charge >= 0.3 is 0 Å². The average molecular weight is 274 g/mol. The number of hydrogen-bond donors (Lipinski definition) is 1. The average Bonchev–Trinajstić information content (AvgIpc) is 2.93. The Morgan fingerprint density at radius 2 is 2.00 bits per heavy atom. The lowest BCUT2D eigenvalue weighted by Gasteiger charge is -2.36. The monoisotopic (exact) mass is 274 g/mol. The first-order valence-electron chi connectivity index (χ1n) is 8.24. The molecule has 1 saturated heterocycles. The molecule has 0 bridgehead atoms. The van der Waals surface area contributed by atoms with Gasteiger partial charge in [-0.05, 0) is 43.8 Å². The highest BCUT2D eigenvalue weighted by molar-refractivity contribution is 5.19. The summed E-state index contributed by atoms with van der Waals surface area (Å²) in [6, 6.07) is 12.3. The Kier molecular flexibility index (Phi) is 6.06. The third kappa shape index (κ3) is 4.07. The Hall–Kier alpha value is -0.860. The first-order valence-corrected chi connectivity index (χ1v) is 8.24. The number of rotatable bonds is 7. The van der Waals surface area contributed by atoms with Crippen LogP contribution in [-0.4, -0.2) is 30.6 Å². The second-order valence-corrected chi connectivity index (χ2v) is 6.39. The van der Waals surface area contributed by atoms with Gasteiger partial charge in [0, 0.05) is 18.6 Å². The van der Waals surface area contributed by atoms with Crippen LogP contribution in [0.1, 0.15) is 51.6 Å². The molecule has 0 saturated carbocycles. The topological polar surface area (TPSA) is 15.3 Å². The van der Waals surface area contributed by atoms with Crippen LogP contribution in [0.5, 0.6) is 0 Å². The third-order valence-corrected chi connectivity index (χ3v) is 4.29. The summed E-state index contributed by atoms with van der Waals surface area (Å²) in [6.07, 6.45) is 3.89. The van der Waals surface area contributed by atoms with E-state index < -0.39 is 0 Å². The van der Waals surface area contributed by atoms with Gasteiger partial charge < -0.3 is 5.32 Å². The predicted molar refractivity (Wildman–Crippen MR) is 86.9 cm³/mol. The SMILES string of the molecule is CCCN(CC1CCCN1)C(c1ccccc1)C(C)C. The highest BCUT2D eigenvalue weighted by atomic mass is 15.2. The minimum atomic E-state index is 0.540. The van der Waals surface area contributed by atoms with Crippen LogP contribution < -0.4 is 5.32 Å². The van der Waals surface area contributed by atoms with Crippen LogP contribution in [0.15, 0.2) is 30.3 Å². The van der Waals surface area contributed by atoms with E-state index >= 15 is 0 Å². The van der Waals surface area contributed by atoms with Gasteiger partial charge in [-0.1, -0.05) is 51.1 Å². The molecule has 1 aromatic carbocycles. The van der Waals surface area contributed by atoms with Gasteiger partial charge in [0.05, 0.1) is 0 Å². The molecule has 0 aromatic heterocycles. The standard InChI is InChI=1S/C18H30N2/c1-4-13-20(14-17-11-8-12-19-17)18(15(2)3)16-9-6-5-7-10-16/h5-7,9-10,15,17-19H,4,8,11-14H2,1-3H3. The molecular formula is C18H30N2. The van der Waals surface area contributed by atoms with Crippen molar-refractivity contribution < 1.29 is 0 Å². The zero-order chi connectivity index (χ0) is 14.4. The second-order valence-electron chi connectivity index (χ2n) is 6.39. The molecular weight excluding hydrogens is 244 g/mol. The minimum Gasteiger partial charge on any atom is -0.313 e. The lowest BCUT2D eigenvalue weighted by Crippen LogP contribution is -2.41. The quantitative estimate of drug-likeness (QED) is 0.812. The van der Waals surface area contributed by atoms with Crippen LogP contribution in [0.25, 0.3) is 0 Å². The van der Waals surface area contributed by atoms with Crippen LogP contribution in [0.3, 0.4) is 0 Å². The molecule has 2 heteroatoms. The summed E-state index contributed by atoms with van der Waals surface area (Å²) in [5, 5.41) is 3.65. The molecule has 1 N–H and O–H groups in total. The largest absolute Gasteiger partial charge is 0.313 e. The van der Waals surface area contributed by atoms with Crippen molar-refractivity contribution >= 4 is 0 Å². The molecule has 2 rings (SSSR count). The van der Waals surface area contributed by atoms with E-state index in [0.717, 1.165) is 0 Å². The smallest absolute Gasteiger partial charge is 0.0371 e. The van der Waals surface area contributed by atoms with E-state index in [9.17, 15) is 0 Å². The summed E-state index contributed by atoms with van der Waals surface area (Å²) in [4.78, 5) is 2.70. The fourth-order valence-corrected chi connectivity index (χ4v) is 3.49. The van der Waals surface area contributed by atoms with E-state index in [4.69, 9.17) is 0 Å². The van der Waals surface area contributed by atoms with Crippen molar-refractivity contribution in [2.24, 2.45) is 5.92 Å². The molecule has 2 nitrogen and oxygen atoms in total. The molecule has 1 heterocycles. The molecule has 20 heavy (non-hydrogen) atoms. The number of benzene rings is 1. The summed E-state index contributed by atoms with van der Waals surface area (Å²) in [6.45, 7) is 10.6. The molecule has 1 aromatic rings. The zero-order valence-corrected chi connectivity index (χ0v) is 13.3. The Bertz CT molecular complexity index is 368. The Balaban J connectivity index is 2.13. The molecule has 0 amide bonds. The Morgan fingerprint density at radius 3 is 2.55 bits per heavy atom. The van der Waals surface area contributed by atoms with Crippen LogP contribution in [0.4, 0.5) is 0 Å². The zero-order valence-electron chi connectivity index (χ0n) is 13.3. The van der Waals surface area contributed by atoms with Gasteiger partial charge in [0.15, 0.2) is 0 Å². The lowest BCUT2D eigenvalue weighted by atomic mass is 9.93. The first kappa shape index (κ1) is 15.5. The molecule has 112 valence electrons. The summed E-state index contributed by atoms with van der Waals surface area (Å²) >= 11 is 0. The van der Waals surface area contributed by atoms with Gasteiger partial charge in [-0.2, -0.15) is 0 Å². The highest BCUT2D eigenvalue weighted by Crippen LogP contribution is 2.29. The van der Waals surface area contributed by atoms with Crippen molar-refractivity contribution in [1.82, 2.24) is 10.2 Å². The highest BCUT2D eigenvalue weighted by Gasteiger charge is 2.26. The summed E-state index contributed by atoms with van der Waals surface area (Å²) in [7, 11) is 0. The van der Waals surface area contributed by atoms with Crippen molar-refractivity contribution in [1.29, 1.82) is 0 Å². The van der Waals surface area contributed by atoms with Crippen LogP contribution in [0, 0.1) is 5.92 Å². The maximum absolute atomic E-state index is 3.65. The molecule has 1 aliphatic heterocycles. The van der Waals surface area contributed by atoms with E-state index in [-0.39, 0.29) is 0 Å². The van der Waals surface area contributed by atoms with Gasteiger partial charge in [-0.3, -0.25) is 4.90 Å². The van der Waals surface area contributed by atoms with Gasteiger partial charge in [0.25, 0.3) is 0 Å². The second kappa shape index (κ2) is 7.80. The summed E-state index contributed by atoms with van der Waals surface area (Å²) in [5.74, 6) is 0.644. The normalized spacial score (nSPS) is 20.8. The van der Waals surface area contributed by atoms with Crippen LogP contribution in [0.2, 0.25) is 0 Å². The van der Waals surface area contributed by atoms with Crippen molar-refractivity contribution in [3.63, 3.8) is 0 Å².